The Hall–Kier alpha value is -7.04. The number of aromatic nitrogens is 1. The highest BCUT2D eigenvalue weighted by Gasteiger charge is 2.24. The number of benzene rings is 9. The van der Waals surface area contributed by atoms with Gasteiger partial charge in [0.25, 0.3) is 0 Å². The van der Waals surface area contributed by atoms with Crippen LogP contribution < -0.4 is 4.90 Å². The predicted molar refractivity (Wildman–Crippen MR) is 221 cm³/mol. The smallest absolute Gasteiger partial charge is 0.123 e. The van der Waals surface area contributed by atoms with E-state index < -0.39 is 0 Å². The van der Waals surface area contributed by atoms with Crippen molar-refractivity contribution in [1.82, 2.24) is 4.57 Å². The van der Waals surface area contributed by atoms with Crippen LogP contribution in [0.3, 0.4) is 0 Å². The van der Waals surface area contributed by atoms with E-state index in [9.17, 15) is 4.39 Å². The van der Waals surface area contributed by atoms with Crippen LogP contribution in [0.25, 0.3) is 71.3 Å². The van der Waals surface area contributed by atoms with Crippen molar-refractivity contribution in [3.05, 3.63) is 206 Å². The molecule has 0 saturated carbocycles. The van der Waals surface area contributed by atoms with Gasteiger partial charge in [-0.05, 0) is 117 Å². The maximum Gasteiger partial charge on any atom is 0.123 e. The molecule has 0 atom stereocenters. The second kappa shape index (κ2) is 12.9. The third-order valence-electron chi connectivity index (χ3n) is 10.5. The molecule has 0 N–H and O–H groups in total. The zero-order valence-corrected chi connectivity index (χ0v) is 29.1. The maximum absolute atomic E-state index is 15.1. The number of para-hydroxylation sites is 3. The van der Waals surface area contributed by atoms with Gasteiger partial charge in [0.15, 0.2) is 0 Å². The second-order valence-corrected chi connectivity index (χ2v) is 13.6. The van der Waals surface area contributed by atoms with Crippen LogP contribution in [0.1, 0.15) is 0 Å². The standard InChI is InChI=1S/C50H32F2N2/c51-35-15-10-13-33(31-35)48-42-21-4-5-22-43(42)49(34-14-11-16-36(52)32-34)50-44(48)23-12-26-47(50)53(37-17-2-1-3-18-37)38-27-29-39(30-28-38)54-45-24-8-6-19-40(45)41-20-7-9-25-46(41)54/h1-32H. The zero-order valence-electron chi connectivity index (χ0n) is 29.1. The molecule has 256 valence electrons. The van der Waals surface area contributed by atoms with Gasteiger partial charge in [-0.2, -0.15) is 0 Å². The Morgan fingerprint density at radius 2 is 0.852 bits per heavy atom. The van der Waals surface area contributed by atoms with Crippen LogP contribution in [0.2, 0.25) is 0 Å². The molecule has 10 aromatic rings. The quantitative estimate of drug-likeness (QED) is 0.157. The molecular formula is C50H32F2N2. The van der Waals surface area contributed by atoms with Gasteiger partial charge in [0.05, 0.1) is 16.7 Å². The number of rotatable bonds is 6. The van der Waals surface area contributed by atoms with Crippen LogP contribution in [-0.2, 0) is 0 Å². The molecule has 54 heavy (non-hydrogen) atoms. The first kappa shape index (κ1) is 31.7. The average molecular weight is 699 g/mol. The Kier molecular flexibility index (Phi) is 7.55. The lowest BCUT2D eigenvalue weighted by Crippen LogP contribution is -2.11. The SMILES string of the molecule is Fc1cccc(-c2c3ccccc3c(-c3cccc(F)c3)c3c(N(c4ccccc4)c4ccc(-n5c6ccccc6c6ccccc65)cc4)cccc23)c1. The lowest BCUT2D eigenvalue weighted by Gasteiger charge is -2.29. The minimum absolute atomic E-state index is 0.302. The molecule has 0 bridgehead atoms. The lowest BCUT2D eigenvalue weighted by molar-refractivity contribution is 0.628. The van der Waals surface area contributed by atoms with Gasteiger partial charge in [-0.3, -0.25) is 0 Å². The number of anilines is 3. The summed E-state index contributed by atoms with van der Waals surface area (Å²) in [5.41, 5.74) is 9.60. The van der Waals surface area contributed by atoms with E-state index in [-0.39, 0.29) is 11.6 Å². The highest BCUT2D eigenvalue weighted by Crippen LogP contribution is 2.49. The van der Waals surface area contributed by atoms with Crippen molar-refractivity contribution in [3.63, 3.8) is 0 Å². The zero-order chi connectivity index (χ0) is 36.2. The molecule has 0 saturated heterocycles. The molecule has 0 spiro atoms. The number of hydrogen-bond donors (Lipinski definition) is 0. The summed E-state index contributed by atoms with van der Waals surface area (Å²) in [6, 6.07) is 64.1. The molecule has 1 heterocycles. The topological polar surface area (TPSA) is 8.17 Å². The van der Waals surface area contributed by atoms with Gasteiger partial charge in [0.2, 0.25) is 0 Å². The maximum atomic E-state index is 15.1. The van der Waals surface area contributed by atoms with Crippen molar-refractivity contribution >= 4 is 60.4 Å². The van der Waals surface area contributed by atoms with Crippen molar-refractivity contribution in [2.24, 2.45) is 0 Å². The molecule has 1 aromatic heterocycles. The fourth-order valence-corrected chi connectivity index (χ4v) is 8.25. The predicted octanol–water partition coefficient (Wildman–Crippen LogP) is 14.2. The van der Waals surface area contributed by atoms with Crippen LogP contribution in [-0.4, -0.2) is 4.57 Å². The average Bonchev–Trinajstić information content (AvgIpc) is 3.55. The van der Waals surface area contributed by atoms with Crippen molar-refractivity contribution in [2.75, 3.05) is 4.90 Å². The highest BCUT2D eigenvalue weighted by molar-refractivity contribution is 6.25. The monoisotopic (exact) mass is 698 g/mol. The lowest BCUT2D eigenvalue weighted by atomic mass is 9.85. The molecule has 0 radical (unpaired) electrons. The van der Waals surface area contributed by atoms with Crippen LogP contribution in [0.15, 0.2) is 194 Å². The summed E-state index contributed by atoms with van der Waals surface area (Å²) in [7, 11) is 0. The summed E-state index contributed by atoms with van der Waals surface area (Å²) in [6.07, 6.45) is 0. The van der Waals surface area contributed by atoms with Crippen molar-refractivity contribution < 1.29 is 8.78 Å². The minimum atomic E-state index is -0.308. The molecule has 4 heteroatoms. The largest absolute Gasteiger partial charge is 0.310 e. The van der Waals surface area contributed by atoms with E-state index in [1.165, 1.54) is 22.9 Å². The van der Waals surface area contributed by atoms with E-state index in [0.717, 1.165) is 77.6 Å². The molecule has 0 aliphatic heterocycles. The fraction of sp³-hybridized carbons (Fsp3) is 0. The first-order chi connectivity index (χ1) is 26.6. The summed E-state index contributed by atoms with van der Waals surface area (Å²) in [5.74, 6) is -0.610. The van der Waals surface area contributed by atoms with Gasteiger partial charge in [-0.1, -0.05) is 115 Å². The molecular weight excluding hydrogens is 667 g/mol. The third-order valence-corrected chi connectivity index (χ3v) is 10.5. The Morgan fingerprint density at radius 3 is 1.46 bits per heavy atom. The molecule has 0 unspecified atom stereocenters. The van der Waals surface area contributed by atoms with Crippen LogP contribution in [0.4, 0.5) is 25.8 Å². The van der Waals surface area contributed by atoms with E-state index in [2.05, 4.69) is 125 Å². The summed E-state index contributed by atoms with van der Waals surface area (Å²) in [4.78, 5) is 2.27. The number of fused-ring (bicyclic) bond motifs is 5. The van der Waals surface area contributed by atoms with Crippen molar-refractivity contribution in [1.29, 1.82) is 0 Å². The molecule has 0 amide bonds. The molecule has 0 aliphatic carbocycles. The number of halogens is 2. The molecule has 10 rings (SSSR count). The normalized spacial score (nSPS) is 11.5. The van der Waals surface area contributed by atoms with Gasteiger partial charge in [0, 0.05) is 33.2 Å². The van der Waals surface area contributed by atoms with Gasteiger partial charge in [-0.15, -0.1) is 0 Å². The van der Waals surface area contributed by atoms with Crippen LogP contribution in [0, 0.1) is 11.6 Å². The first-order valence-corrected chi connectivity index (χ1v) is 18.1. The summed E-state index contributed by atoms with van der Waals surface area (Å²) in [6.45, 7) is 0. The Balaban J connectivity index is 1.27. The van der Waals surface area contributed by atoms with Crippen molar-refractivity contribution in [3.8, 4) is 27.9 Å². The number of hydrogen-bond acceptors (Lipinski definition) is 1. The minimum Gasteiger partial charge on any atom is -0.310 e. The van der Waals surface area contributed by atoms with Gasteiger partial charge in [0.1, 0.15) is 11.6 Å². The summed E-state index contributed by atoms with van der Waals surface area (Å²) < 4.78 is 32.4. The van der Waals surface area contributed by atoms with E-state index >= 15 is 4.39 Å². The van der Waals surface area contributed by atoms with Gasteiger partial charge in [-0.25, -0.2) is 8.78 Å². The van der Waals surface area contributed by atoms with E-state index in [1.807, 2.05) is 42.5 Å². The van der Waals surface area contributed by atoms with E-state index in [4.69, 9.17) is 0 Å². The molecule has 2 nitrogen and oxygen atoms in total. The van der Waals surface area contributed by atoms with Gasteiger partial charge < -0.3 is 9.47 Å². The second-order valence-electron chi connectivity index (χ2n) is 13.6. The van der Waals surface area contributed by atoms with Crippen LogP contribution in [0.5, 0.6) is 0 Å². The van der Waals surface area contributed by atoms with E-state index in [1.54, 1.807) is 24.3 Å². The Labute approximate surface area is 311 Å². The Bertz CT molecular complexity index is 2970. The van der Waals surface area contributed by atoms with Crippen LogP contribution >= 0.6 is 0 Å². The summed E-state index contributed by atoms with van der Waals surface area (Å²) in [5, 5.41) is 6.23. The molecule has 0 aliphatic rings. The third kappa shape index (κ3) is 5.14. The van der Waals surface area contributed by atoms with Gasteiger partial charge >= 0.3 is 0 Å². The Morgan fingerprint density at radius 1 is 0.370 bits per heavy atom. The number of nitrogens with zero attached hydrogens (tertiary/aromatic N) is 2. The first-order valence-electron chi connectivity index (χ1n) is 18.1. The highest BCUT2D eigenvalue weighted by atomic mass is 19.1. The van der Waals surface area contributed by atoms with E-state index in [0.29, 0.717) is 0 Å². The summed E-state index contributed by atoms with van der Waals surface area (Å²) >= 11 is 0. The molecule has 0 fully saturated rings. The molecule has 9 aromatic carbocycles. The fourth-order valence-electron chi connectivity index (χ4n) is 8.25. The van der Waals surface area contributed by atoms with Crippen molar-refractivity contribution in [2.45, 2.75) is 0 Å².